The normalized spacial score (nSPS) is 10.7. The van der Waals surface area contributed by atoms with Gasteiger partial charge in [0.15, 0.2) is 5.65 Å². The first-order chi connectivity index (χ1) is 6.20. The maximum Gasteiger partial charge on any atom is 0.162 e. The Morgan fingerprint density at radius 1 is 1.31 bits per heavy atom. The molecule has 0 fully saturated rings. The molecule has 0 aliphatic heterocycles. The number of rotatable bonds is 0. The molecule has 0 amide bonds. The van der Waals surface area contributed by atoms with E-state index in [1.165, 1.54) is 0 Å². The van der Waals surface area contributed by atoms with Gasteiger partial charge in [-0.2, -0.15) is 0 Å². The highest BCUT2D eigenvalue weighted by Crippen LogP contribution is 2.28. The van der Waals surface area contributed by atoms with Gasteiger partial charge in [-0.05, 0) is 19.1 Å². The first kappa shape index (κ1) is 8.73. The van der Waals surface area contributed by atoms with E-state index < -0.39 is 0 Å². The van der Waals surface area contributed by atoms with E-state index in [-0.39, 0.29) is 0 Å². The van der Waals surface area contributed by atoms with Crippen LogP contribution >= 0.6 is 23.2 Å². The highest BCUT2D eigenvalue weighted by molar-refractivity contribution is 6.38. The van der Waals surface area contributed by atoms with E-state index in [2.05, 4.69) is 9.97 Å². The van der Waals surface area contributed by atoms with Gasteiger partial charge < -0.3 is 0 Å². The van der Waals surface area contributed by atoms with Crippen molar-refractivity contribution >= 4 is 34.2 Å². The van der Waals surface area contributed by atoms with Gasteiger partial charge in [0.25, 0.3) is 0 Å². The van der Waals surface area contributed by atoms with Crippen molar-refractivity contribution in [3.05, 3.63) is 34.1 Å². The van der Waals surface area contributed by atoms with Gasteiger partial charge in [-0.3, -0.25) is 0 Å². The van der Waals surface area contributed by atoms with Crippen LogP contribution in [0.2, 0.25) is 10.2 Å². The topological polar surface area (TPSA) is 25.8 Å². The highest BCUT2D eigenvalue weighted by Gasteiger charge is 2.07. The largest absolute Gasteiger partial charge is 0.237 e. The molecule has 2 rings (SSSR count). The van der Waals surface area contributed by atoms with Crippen LogP contribution in [0, 0.1) is 6.92 Å². The quantitative estimate of drug-likeness (QED) is 0.627. The molecule has 4 heteroatoms. The van der Waals surface area contributed by atoms with Crippen LogP contribution in [0.5, 0.6) is 0 Å². The molecule has 0 N–H and O–H groups in total. The Morgan fingerprint density at radius 3 is 2.85 bits per heavy atom. The predicted octanol–water partition coefficient (Wildman–Crippen LogP) is 3.25. The summed E-state index contributed by atoms with van der Waals surface area (Å²) in [4.78, 5) is 8.17. The molecule has 2 heterocycles. The Morgan fingerprint density at radius 2 is 2.08 bits per heavy atom. The Kier molecular flexibility index (Phi) is 2.10. The van der Waals surface area contributed by atoms with Gasteiger partial charge in [0.05, 0.1) is 5.02 Å². The average Bonchev–Trinajstić information content (AvgIpc) is 2.15. The summed E-state index contributed by atoms with van der Waals surface area (Å²) in [6.07, 6.45) is 1.66. The van der Waals surface area contributed by atoms with Crippen LogP contribution in [0.4, 0.5) is 0 Å². The summed E-state index contributed by atoms with van der Waals surface area (Å²) in [5.41, 5.74) is 1.38. The van der Waals surface area contributed by atoms with Crippen LogP contribution in [0.25, 0.3) is 11.0 Å². The fourth-order valence-electron chi connectivity index (χ4n) is 1.13. The summed E-state index contributed by atoms with van der Waals surface area (Å²) in [6, 6.07) is 3.70. The highest BCUT2D eigenvalue weighted by atomic mass is 35.5. The first-order valence-corrected chi connectivity index (χ1v) is 4.52. The third-order valence-corrected chi connectivity index (χ3v) is 2.72. The zero-order chi connectivity index (χ0) is 9.42. The second-order valence-corrected chi connectivity index (χ2v) is 3.45. The van der Waals surface area contributed by atoms with Crippen molar-refractivity contribution in [3.63, 3.8) is 0 Å². The number of nitrogens with zero attached hydrogens (tertiary/aromatic N) is 2. The predicted molar refractivity (Wildman–Crippen MR) is 54.3 cm³/mol. The fraction of sp³-hybridized carbons (Fsp3) is 0.111. The first-order valence-electron chi connectivity index (χ1n) is 3.76. The Hall–Kier alpha value is -0.860. The van der Waals surface area contributed by atoms with Crippen LogP contribution in [0.15, 0.2) is 18.3 Å². The molecule has 13 heavy (non-hydrogen) atoms. The summed E-state index contributed by atoms with van der Waals surface area (Å²) >= 11 is 11.9. The van der Waals surface area contributed by atoms with Gasteiger partial charge in [-0.15, -0.1) is 0 Å². The van der Waals surface area contributed by atoms with Crippen LogP contribution in [0.3, 0.4) is 0 Å². The SMILES string of the molecule is Cc1c(Cl)nc2ncccc2c1Cl. The van der Waals surface area contributed by atoms with Gasteiger partial charge in [0, 0.05) is 17.1 Å². The molecule has 0 spiro atoms. The lowest BCUT2D eigenvalue weighted by Crippen LogP contribution is -1.88. The monoisotopic (exact) mass is 212 g/mol. The third kappa shape index (κ3) is 1.36. The van der Waals surface area contributed by atoms with Gasteiger partial charge in [-0.1, -0.05) is 23.2 Å². The second-order valence-electron chi connectivity index (χ2n) is 2.72. The minimum Gasteiger partial charge on any atom is -0.237 e. The second kappa shape index (κ2) is 3.13. The van der Waals surface area contributed by atoms with Crippen molar-refractivity contribution in [2.45, 2.75) is 6.92 Å². The molecule has 0 saturated heterocycles. The van der Waals surface area contributed by atoms with Crippen LogP contribution in [-0.2, 0) is 0 Å². The molecule has 0 bridgehead atoms. The minimum atomic E-state index is 0.413. The minimum absolute atomic E-state index is 0.413. The maximum absolute atomic E-state index is 6.07. The van der Waals surface area contributed by atoms with E-state index in [9.17, 15) is 0 Å². The van der Waals surface area contributed by atoms with E-state index in [4.69, 9.17) is 23.2 Å². The summed E-state index contributed by atoms with van der Waals surface area (Å²) in [5, 5.41) is 1.88. The number of halogens is 2. The summed E-state index contributed by atoms with van der Waals surface area (Å²) in [7, 11) is 0. The zero-order valence-corrected chi connectivity index (χ0v) is 8.39. The Bertz CT molecular complexity index is 468. The zero-order valence-electron chi connectivity index (χ0n) is 6.88. The van der Waals surface area contributed by atoms with E-state index in [1.807, 2.05) is 19.1 Å². The van der Waals surface area contributed by atoms with Crippen molar-refractivity contribution in [3.8, 4) is 0 Å². The molecule has 2 aromatic rings. The third-order valence-electron chi connectivity index (χ3n) is 1.87. The van der Waals surface area contributed by atoms with Crippen molar-refractivity contribution in [2.75, 3.05) is 0 Å². The fourth-order valence-corrected chi connectivity index (χ4v) is 1.59. The lowest BCUT2D eigenvalue weighted by atomic mass is 10.2. The number of hydrogen-bond acceptors (Lipinski definition) is 2. The van der Waals surface area contributed by atoms with Gasteiger partial charge in [0.1, 0.15) is 5.15 Å². The molecular weight excluding hydrogens is 207 g/mol. The molecule has 0 unspecified atom stereocenters. The molecule has 0 atom stereocenters. The van der Waals surface area contributed by atoms with Crippen molar-refractivity contribution in [2.24, 2.45) is 0 Å². The van der Waals surface area contributed by atoms with E-state index >= 15 is 0 Å². The number of aromatic nitrogens is 2. The molecule has 0 saturated carbocycles. The Balaban J connectivity index is 2.94. The lowest BCUT2D eigenvalue weighted by Gasteiger charge is -2.03. The van der Waals surface area contributed by atoms with E-state index in [0.717, 1.165) is 10.9 Å². The van der Waals surface area contributed by atoms with Gasteiger partial charge >= 0.3 is 0 Å². The summed E-state index contributed by atoms with van der Waals surface area (Å²) in [6.45, 7) is 1.84. The standard InChI is InChI=1S/C9H6Cl2N2/c1-5-7(10)6-3-2-4-12-9(6)13-8(5)11/h2-4H,1H3. The molecule has 0 aliphatic rings. The molecule has 2 aromatic heterocycles. The van der Waals surface area contributed by atoms with Crippen molar-refractivity contribution in [1.82, 2.24) is 9.97 Å². The van der Waals surface area contributed by atoms with Gasteiger partial charge in [-0.25, -0.2) is 9.97 Å². The lowest BCUT2D eigenvalue weighted by molar-refractivity contribution is 1.26. The maximum atomic E-state index is 6.07. The summed E-state index contributed by atoms with van der Waals surface area (Å²) in [5.74, 6) is 0. The smallest absolute Gasteiger partial charge is 0.162 e. The molecule has 0 aromatic carbocycles. The molecule has 0 aliphatic carbocycles. The van der Waals surface area contributed by atoms with E-state index in [0.29, 0.717) is 15.8 Å². The van der Waals surface area contributed by atoms with Crippen LogP contribution in [-0.4, -0.2) is 9.97 Å². The molecule has 0 radical (unpaired) electrons. The summed E-state index contributed by atoms with van der Waals surface area (Å²) < 4.78 is 0. The molecule has 2 nitrogen and oxygen atoms in total. The number of hydrogen-bond donors (Lipinski definition) is 0. The van der Waals surface area contributed by atoms with Crippen molar-refractivity contribution < 1.29 is 0 Å². The molecular formula is C9H6Cl2N2. The average molecular weight is 213 g/mol. The molecule has 66 valence electrons. The Labute approximate surface area is 85.5 Å². The van der Waals surface area contributed by atoms with Crippen molar-refractivity contribution in [1.29, 1.82) is 0 Å². The number of pyridine rings is 2. The van der Waals surface area contributed by atoms with Crippen LogP contribution in [0.1, 0.15) is 5.56 Å². The van der Waals surface area contributed by atoms with Gasteiger partial charge in [0.2, 0.25) is 0 Å². The number of fused-ring (bicyclic) bond motifs is 1. The van der Waals surface area contributed by atoms with E-state index in [1.54, 1.807) is 6.20 Å². The van der Waals surface area contributed by atoms with Crippen LogP contribution < -0.4 is 0 Å².